The molecule has 0 aromatic rings. The van der Waals surface area contributed by atoms with Crippen LogP contribution in [0.2, 0.25) is 0 Å². The summed E-state index contributed by atoms with van der Waals surface area (Å²) in [6.45, 7) is 9.78. The number of carbonyl (C=O) groups excluding carboxylic acids is 1. The summed E-state index contributed by atoms with van der Waals surface area (Å²) in [5.74, 6) is -0.989. The van der Waals surface area contributed by atoms with Crippen LogP contribution in [0.15, 0.2) is 0 Å². The molecule has 1 aliphatic rings. The molecule has 0 spiro atoms. The van der Waals surface area contributed by atoms with Crippen LogP contribution in [0.4, 0.5) is 4.79 Å². The lowest BCUT2D eigenvalue weighted by Crippen LogP contribution is -2.48. The van der Waals surface area contributed by atoms with Crippen molar-refractivity contribution in [2.24, 2.45) is 11.8 Å². The highest BCUT2D eigenvalue weighted by atomic mass is 16.6. The van der Waals surface area contributed by atoms with E-state index in [4.69, 9.17) is 9.84 Å². The van der Waals surface area contributed by atoms with E-state index in [1.54, 1.807) is 11.8 Å². The maximum Gasteiger partial charge on any atom is 0.410 e. The van der Waals surface area contributed by atoms with Crippen molar-refractivity contribution in [3.8, 4) is 0 Å². The van der Waals surface area contributed by atoms with E-state index < -0.39 is 11.6 Å². The van der Waals surface area contributed by atoms with Crippen molar-refractivity contribution < 1.29 is 19.4 Å². The third-order valence-corrected chi connectivity index (χ3v) is 3.64. The van der Waals surface area contributed by atoms with Gasteiger partial charge in [-0.05, 0) is 46.5 Å². The van der Waals surface area contributed by atoms with Crippen LogP contribution in [0.25, 0.3) is 0 Å². The van der Waals surface area contributed by atoms with Gasteiger partial charge in [0.15, 0.2) is 0 Å². The highest BCUT2D eigenvalue weighted by Crippen LogP contribution is 2.29. The molecule has 0 aliphatic carbocycles. The molecule has 0 bridgehead atoms. The zero-order chi connectivity index (χ0) is 14.8. The largest absolute Gasteiger partial charge is 0.481 e. The van der Waals surface area contributed by atoms with E-state index in [2.05, 4.69) is 0 Å². The molecule has 3 atom stereocenters. The molecular weight excluding hydrogens is 246 g/mol. The van der Waals surface area contributed by atoms with Gasteiger partial charge in [-0.2, -0.15) is 0 Å². The average Bonchev–Trinajstić information content (AvgIpc) is 2.25. The molecule has 1 aliphatic heterocycles. The van der Waals surface area contributed by atoms with Gasteiger partial charge in [0.1, 0.15) is 5.60 Å². The monoisotopic (exact) mass is 271 g/mol. The number of aliphatic carboxylic acids is 1. The Kier molecular flexibility index (Phi) is 4.82. The van der Waals surface area contributed by atoms with Gasteiger partial charge in [-0.15, -0.1) is 0 Å². The molecular formula is C14H25NO4. The summed E-state index contributed by atoms with van der Waals surface area (Å²) < 4.78 is 5.36. The first-order valence-electron chi connectivity index (χ1n) is 6.84. The normalized spacial score (nSPS) is 25.8. The lowest BCUT2D eigenvalue weighted by molar-refractivity contribution is -0.143. The van der Waals surface area contributed by atoms with Gasteiger partial charge in [-0.25, -0.2) is 4.79 Å². The van der Waals surface area contributed by atoms with Crippen LogP contribution >= 0.6 is 0 Å². The highest BCUT2D eigenvalue weighted by Gasteiger charge is 2.35. The fourth-order valence-electron chi connectivity index (χ4n) is 2.46. The average molecular weight is 271 g/mol. The molecule has 1 fully saturated rings. The van der Waals surface area contributed by atoms with Crippen molar-refractivity contribution in [2.75, 3.05) is 6.54 Å². The molecule has 0 unspecified atom stereocenters. The molecule has 5 nitrogen and oxygen atoms in total. The van der Waals surface area contributed by atoms with Gasteiger partial charge in [0.2, 0.25) is 0 Å². The van der Waals surface area contributed by atoms with E-state index in [9.17, 15) is 9.59 Å². The number of ether oxygens (including phenoxy) is 1. The van der Waals surface area contributed by atoms with Crippen LogP contribution in [-0.2, 0) is 9.53 Å². The highest BCUT2D eigenvalue weighted by molar-refractivity contribution is 5.70. The first kappa shape index (κ1) is 15.8. The fourth-order valence-corrected chi connectivity index (χ4v) is 2.46. The van der Waals surface area contributed by atoms with E-state index >= 15 is 0 Å². The van der Waals surface area contributed by atoms with E-state index in [0.29, 0.717) is 13.0 Å². The molecule has 1 saturated heterocycles. The quantitative estimate of drug-likeness (QED) is 0.838. The van der Waals surface area contributed by atoms with Gasteiger partial charge < -0.3 is 14.7 Å². The van der Waals surface area contributed by atoms with Crippen molar-refractivity contribution in [3.05, 3.63) is 0 Å². The third-order valence-electron chi connectivity index (χ3n) is 3.64. The van der Waals surface area contributed by atoms with Gasteiger partial charge >= 0.3 is 12.1 Å². The summed E-state index contributed by atoms with van der Waals surface area (Å²) >= 11 is 0. The van der Waals surface area contributed by atoms with Crippen molar-refractivity contribution in [3.63, 3.8) is 0 Å². The number of carbonyl (C=O) groups is 2. The molecule has 0 radical (unpaired) electrons. The maximum atomic E-state index is 12.0. The van der Waals surface area contributed by atoms with Gasteiger partial charge in [-0.1, -0.05) is 6.92 Å². The maximum absolute atomic E-state index is 12.0. The number of carboxylic acids is 1. The summed E-state index contributed by atoms with van der Waals surface area (Å²) in [6, 6.07) is 0.0235. The van der Waals surface area contributed by atoms with Crippen LogP contribution in [0, 0.1) is 11.8 Å². The van der Waals surface area contributed by atoms with Gasteiger partial charge in [0, 0.05) is 12.6 Å². The molecule has 1 rings (SSSR count). The summed E-state index contributed by atoms with van der Waals surface area (Å²) in [6.07, 6.45) is 1.13. The molecule has 1 heterocycles. The number of rotatable bonds is 2. The summed E-state index contributed by atoms with van der Waals surface area (Å²) in [5, 5.41) is 9.04. The van der Waals surface area contributed by atoms with Gasteiger partial charge in [-0.3, -0.25) is 4.79 Å². The molecule has 1 amide bonds. The third kappa shape index (κ3) is 4.40. The Bertz CT molecular complexity index is 348. The number of carboxylic acid groups (broad SMARTS) is 1. The first-order chi connectivity index (χ1) is 8.61. The predicted octanol–water partition coefficient (Wildman–Crippen LogP) is 2.74. The second-order valence-electron chi connectivity index (χ2n) is 6.43. The lowest BCUT2D eigenvalue weighted by Gasteiger charge is -2.39. The molecule has 5 heteroatoms. The fraction of sp³-hybridized carbons (Fsp3) is 0.857. The number of nitrogens with zero attached hydrogens (tertiary/aromatic N) is 1. The molecule has 0 aromatic heterocycles. The minimum absolute atomic E-state index is 0.0235. The smallest absolute Gasteiger partial charge is 0.410 e. The van der Waals surface area contributed by atoms with E-state index in [1.165, 1.54) is 0 Å². The summed E-state index contributed by atoms with van der Waals surface area (Å²) in [4.78, 5) is 24.7. The first-order valence-corrected chi connectivity index (χ1v) is 6.84. The SMILES string of the molecule is C[C@@H]1C[C@H]([C@@H](C)C(=O)O)CCN1C(=O)OC(C)(C)C. The summed E-state index contributed by atoms with van der Waals surface area (Å²) in [5.41, 5.74) is -0.498. The second kappa shape index (κ2) is 5.80. The van der Waals surface area contributed by atoms with Crippen molar-refractivity contribution in [1.29, 1.82) is 0 Å². The Morgan fingerprint density at radius 1 is 1.37 bits per heavy atom. The summed E-state index contributed by atoms with van der Waals surface area (Å²) in [7, 11) is 0. The van der Waals surface area contributed by atoms with E-state index in [0.717, 1.165) is 6.42 Å². The Hall–Kier alpha value is -1.26. The Balaban J connectivity index is 2.60. The number of likely N-dealkylation sites (tertiary alicyclic amines) is 1. The predicted molar refractivity (Wildman–Crippen MR) is 71.9 cm³/mol. The number of hydrogen-bond donors (Lipinski definition) is 1. The van der Waals surface area contributed by atoms with E-state index in [1.807, 2.05) is 27.7 Å². The topological polar surface area (TPSA) is 66.8 Å². The molecule has 110 valence electrons. The minimum Gasteiger partial charge on any atom is -0.481 e. The number of amides is 1. The second-order valence-corrected chi connectivity index (χ2v) is 6.43. The number of hydrogen-bond acceptors (Lipinski definition) is 3. The molecule has 19 heavy (non-hydrogen) atoms. The van der Waals surface area contributed by atoms with Crippen LogP contribution in [0.5, 0.6) is 0 Å². The Morgan fingerprint density at radius 3 is 2.37 bits per heavy atom. The standard InChI is InChI=1S/C14H25NO4/c1-9-8-11(10(2)12(16)17)6-7-15(9)13(18)19-14(3,4)5/h9-11H,6-8H2,1-5H3,(H,16,17)/t9-,10-,11-/m1/s1. The van der Waals surface area contributed by atoms with Gasteiger partial charge in [0.05, 0.1) is 5.92 Å². The Morgan fingerprint density at radius 2 is 1.95 bits per heavy atom. The zero-order valence-electron chi connectivity index (χ0n) is 12.5. The minimum atomic E-state index is -0.761. The zero-order valence-corrected chi connectivity index (χ0v) is 12.5. The van der Waals surface area contributed by atoms with Crippen LogP contribution in [-0.4, -0.2) is 40.3 Å². The van der Waals surface area contributed by atoms with Crippen LogP contribution in [0.1, 0.15) is 47.5 Å². The van der Waals surface area contributed by atoms with Crippen molar-refractivity contribution in [1.82, 2.24) is 4.90 Å². The van der Waals surface area contributed by atoms with Crippen LogP contribution in [0.3, 0.4) is 0 Å². The molecule has 0 aromatic carbocycles. The molecule has 0 saturated carbocycles. The van der Waals surface area contributed by atoms with Crippen molar-refractivity contribution >= 4 is 12.1 Å². The van der Waals surface area contributed by atoms with Crippen molar-refractivity contribution in [2.45, 2.75) is 59.1 Å². The van der Waals surface area contributed by atoms with Gasteiger partial charge in [0.25, 0.3) is 0 Å². The lowest BCUT2D eigenvalue weighted by atomic mass is 9.82. The molecule has 1 N–H and O–H groups in total. The number of piperidine rings is 1. The van der Waals surface area contributed by atoms with E-state index in [-0.39, 0.29) is 24.0 Å². The Labute approximate surface area is 114 Å². The van der Waals surface area contributed by atoms with Crippen LogP contribution < -0.4 is 0 Å².